The van der Waals surface area contributed by atoms with Crippen molar-refractivity contribution in [2.75, 3.05) is 18.5 Å². The Bertz CT molecular complexity index is 910. The van der Waals surface area contributed by atoms with Gasteiger partial charge in [-0.25, -0.2) is 4.79 Å². The van der Waals surface area contributed by atoms with E-state index in [1.807, 2.05) is 6.07 Å². The summed E-state index contributed by atoms with van der Waals surface area (Å²) in [6, 6.07) is 8.54. The molecule has 2 heterocycles. The molecule has 0 radical (unpaired) electrons. The van der Waals surface area contributed by atoms with Gasteiger partial charge in [-0.3, -0.25) is 4.79 Å². The molecule has 30 heavy (non-hydrogen) atoms. The molecule has 1 aromatic carbocycles. The number of hydrogen-bond donors (Lipinski definition) is 3. The highest BCUT2D eigenvalue weighted by molar-refractivity contribution is 5.92. The number of anilines is 1. The molecule has 0 saturated heterocycles. The first kappa shape index (κ1) is 19.6. The molecule has 0 bridgehead atoms. The fraction of sp³-hybridized carbons (Fsp3) is 0.583. The number of carboxylic acid groups (broad SMARTS) is 1. The number of carboxylic acids is 1. The Morgan fingerprint density at radius 3 is 2.73 bits per heavy atom. The van der Waals surface area contributed by atoms with E-state index in [1.54, 1.807) is 0 Å². The lowest BCUT2D eigenvalue weighted by molar-refractivity contribution is -0.143. The van der Waals surface area contributed by atoms with Crippen LogP contribution in [0.25, 0.3) is 0 Å². The molecular formula is C24H30N2O4. The van der Waals surface area contributed by atoms with Gasteiger partial charge in [0, 0.05) is 36.3 Å². The van der Waals surface area contributed by atoms with Crippen LogP contribution in [0.1, 0.15) is 51.0 Å². The van der Waals surface area contributed by atoms with E-state index in [0.717, 1.165) is 37.1 Å². The summed E-state index contributed by atoms with van der Waals surface area (Å²) in [4.78, 5) is 23.4. The van der Waals surface area contributed by atoms with Crippen LogP contribution in [-0.4, -0.2) is 36.2 Å². The van der Waals surface area contributed by atoms with Crippen molar-refractivity contribution in [3.05, 3.63) is 41.1 Å². The van der Waals surface area contributed by atoms with E-state index < -0.39 is 5.97 Å². The highest BCUT2D eigenvalue weighted by atomic mass is 16.5. The third kappa shape index (κ3) is 3.13. The Kier molecular flexibility index (Phi) is 4.85. The quantitative estimate of drug-likeness (QED) is 0.645. The van der Waals surface area contributed by atoms with Crippen LogP contribution >= 0.6 is 0 Å². The van der Waals surface area contributed by atoms with E-state index in [0.29, 0.717) is 36.5 Å². The number of hydrogen-bond acceptors (Lipinski definition) is 5. The fourth-order valence-electron chi connectivity index (χ4n) is 6.34. The van der Waals surface area contributed by atoms with Crippen molar-refractivity contribution in [3.63, 3.8) is 0 Å². The Morgan fingerprint density at radius 1 is 1.20 bits per heavy atom. The van der Waals surface area contributed by atoms with Gasteiger partial charge < -0.3 is 20.5 Å². The Labute approximate surface area is 177 Å². The van der Waals surface area contributed by atoms with Crippen LogP contribution in [0, 0.1) is 17.8 Å². The molecular weight excluding hydrogens is 380 g/mol. The molecule has 2 fully saturated rings. The van der Waals surface area contributed by atoms with Gasteiger partial charge in [-0.1, -0.05) is 31.0 Å². The molecule has 0 amide bonds. The lowest BCUT2D eigenvalue weighted by atomic mass is 9.75. The van der Waals surface area contributed by atoms with E-state index in [4.69, 9.17) is 4.74 Å². The molecule has 5 unspecified atom stereocenters. The molecule has 4 aliphatic rings. The zero-order chi connectivity index (χ0) is 20.9. The zero-order valence-electron chi connectivity index (χ0n) is 17.4. The number of nitrogens with one attached hydrogen (secondary N) is 2. The topological polar surface area (TPSA) is 87.7 Å². The van der Waals surface area contributed by atoms with Gasteiger partial charge in [-0.05, 0) is 55.1 Å². The molecule has 2 saturated carbocycles. The van der Waals surface area contributed by atoms with Crippen LogP contribution in [0.15, 0.2) is 35.5 Å². The molecule has 5 atom stereocenters. The van der Waals surface area contributed by atoms with Gasteiger partial charge in [0.2, 0.25) is 0 Å². The van der Waals surface area contributed by atoms with E-state index in [9.17, 15) is 14.7 Å². The average molecular weight is 411 g/mol. The molecule has 2 aliphatic carbocycles. The van der Waals surface area contributed by atoms with Gasteiger partial charge in [0.05, 0.1) is 12.2 Å². The lowest BCUT2D eigenvalue weighted by Gasteiger charge is -2.34. The van der Waals surface area contributed by atoms with Crippen molar-refractivity contribution >= 4 is 17.6 Å². The van der Waals surface area contributed by atoms with Gasteiger partial charge in [-0.15, -0.1) is 0 Å². The summed E-state index contributed by atoms with van der Waals surface area (Å²) < 4.78 is 5.37. The first-order valence-corrected chi connectivity index (χ1v) is 11.2. The van der Waals surface area contributed by atoms with E-state index in [2.05, 4.69) is 28.8 Å². The number of para-hydroxylation sites is 1. The summed E-state index contributed by atoms with van der Waals surface area (Å²) in [6.07, 6.45) is 6.68. The number of fused-ring (bicyclic) bond motifs is 1. The number of carbonyl (C=O) groups is 2. The minimum atomic E-state index is -0.839. The average Bonchev–Trinajstić information content (AvgIpc) is 3.41. The van der Waals surface area contributed by atoms with Crippen molar-refractivity contribution in [2.45, 2.75) is 56.9 Å². The molecule has 3 N–H and O–H groups in total. The number of rotatable bonds is 5. The van der Waals surface area contributed by atoms with Crippen LogP contribution in [-0.2, 0) is 19.7 Å². The number of esters is 1. The van der Waals surface area contributed by atoms with Crippen LogP contribution in [0.2, 0.25) is 0 Å². The fourth-order valence-corrected chi connectivity index (χ4v) is 6.34. The van der Waals surface area contributed by atoms with Crippen LogP contribution < -0.4 is 10.6 Å². The molecule has 1 aromatic rings. The number of ether oxygens (including phenoxy) is 1. The maximum atomic E-state index is 12.1. The maximum Gasteiger partial charge on any atom is 0.334 e. The van der Waals surface area contributed by atoms with Crippen molar-refractivity contribution in [2.24, 2.45) is 17.8 Å². The second kappa shape index (κ2) is 7.41. The number of carbonyl (C=O) groups excluding carboxylic acids is 1. The summed E-state index contributed by atoms with van der Waals surface area (Å²) in [5, 5.41) is 17.0. The maximum absolute atomic E-state index is 12.1. The normalized spacial score (nSPS) is 34.2. The van der Waals surface area contributed by atoms with Gasteiger partial charge in [-0.2, -0.15) is 0 Å². The number of allylic oxidation sites excluding steroid dienone is 1. The Balaban J connectivity index is 1.41. The van der Waals surface area contributed by atoms with Crippen molar-refractivity contribution in [1.29, 1.82) is 0 Å². The van der Waals surface area contributed by atoms with Gasteiger partial charge >= 0.3 is 11.9 Å². The smallest absolute Gasteiger partial charge is 0.334 e. The van der Waals surface area contributed by atoms with E-state index >= 15 is 0 Å². The third-order valence-electron chi connectivity index (χ3n) is 7.84. The predicted octanol–water partition coefficient (Wildman–Crippen LogP) is 3.44. The largest absolute Gasteiger partial charge is 0.478 e. The van der Waals surface area contributed by atoms with Crippen molar-refractivity contribution < 1.29 is 19.4 Å². The second-order valence-corrected chi connectivity index (χ2v) is 9.44. The monoisotopic (exact) mass is 410 g/mol. The summed E-state index contributed by atoms with van der Waals surface area (Å²) in [7, 11) is 0. The SMILES string of the molecule is CC(=O)OCC1CCCCC1CC1NCC(C(=O)O)=C2Nc3ccccc3C23CC13. The van der Waals surface area contributed by atoms with E-state index in [-0.39, 0.29) is 17.4 Å². The van der Waals surface area contributed by atoms with E-state index in [1.165, 1.54) is 25.3 Å². The molecule has 2 aliphatic heterocycles. The minimum absolute atomic E-state index is 0.182. The third-order valence-corrected chi connectivity index (χ3v) is 7.84. The second-order valence-electron chi connectivity index (χ2n) is 9.44. The molecule has 6 heteroatoms. The first-order chi connectivity index (χ1) is 14.5. The lowest BCUT2D eigenvalue weighted by Crippen LogP contribution is -2.38. The van der Waals surface area contributed by atoms with Crippen LogP contribution in [0.3, 0.4) is 0 Å². The standard InChI is InChI=1S/C24H30N2O4/c1-14(27)30-13-16-7-3-2-6-15(16)10-21-19-11-24(19)18-8-4-5-9-20(18)26-22(24)17(12-25-21)23(28)29/h4-5,8-9,15-16,19,21,25-26H,2-3,6-7,10-13H2,1H3,(H,28,29). The van der Waals surface area contributed by atoms with Crippen LogP contribution in [0.4, 0.5) is 5.69 Å². The summed E-state index contributed by atoms with van der Waals surface area (Å²) >= 11 is 0. The molecule has 6 nitrogen and oxygen atoms in total. The summed E-state index contributed by atoms with van der Waals surface area (Å²) in [5.41, 5.74) is 3.49. The van der Waals surface area contributed by atoms with Crippen molar-refractivity contribution in [1.82, 2.24) is 5.32 Å². The van der Waals surface area contributed by atoms with Gasteiger partial charge in [0.1, 0.15) is 0 Å². The molecule has 5 rings (SSSR count). The molecule has 0 aromatic heterocycles. The molecule has 160 valence electrons. The first-order valence-electron chi connectivity index (χ1n) is 11.2. The molecule has 1 spiro atoms. The summed E-state index contributed by atoms with van der Waals surface area (Å²) in [5.74, 6) is 0.266. The number of aliphatic carboxylic acids is 1. The zero-order valence-corrected chi connectivity index (χ0v) is 17.4. The van der Waals surface area contributed by atoms with Crippen LogP contribution in [0.5, 0.6) is 0 Å². The van der Waals surface area contributed by atoms with Gasteiger partial charge in [0.15, 0.2) is 0 Å². The highest BCUT2D eigenvalue weighted by Gasteiger charge is 2.66. The Hall–Kier alpha value is -2.34. The number of benzene rings is 1. The minimum Gasteiger partial charge on any atom is -0.478 e. The Morgan fingerprint density at radius 2 is 1.97 bits per heavy atom. The summed E-state index contributed by atoms with van der Waals surface area (Å²) in [6.45, 7) is 2.37. The highest BCUT2D eigenvalue weighted by Crippen LogP contribution is 2.67. The van der Waals surface area contributed by atoms with Gasteiger partial charge in [0.25, 0.3) is 0 Å². The predicted molar refractivity (Wildman–Crippen MR) is 113 cm³/mol. The van der Waals surface area contributed by atoms with Crippen molar-refractivity contribution in [3.8, 4) is 0 Å².